The van der Waals surface area contributed by atoms with Crippen LogP contribution >= 0.6 is 0 Å². The first-order chi connectivity index (χ1) is 30.2. The minimum absolute atomic E-state index is 0.485. The van der Waals surface area contributed by atoms with Crippen LogP contribution in [0, 0.1) is 27.0 Å². The Morgan fingerprint density at radius 3 is 0.892 bits per heavy atom. The molecular weight excluding hydrogens is 801 g/mol. The quantitative estimate of drug-likeness (QED) is 0.110. The molecule has 360 valence electrons. The summed E-state index contributed by atoms with van der Waals surface area (Å²) in [5.41, 5.74) is 9.62. The van der Waals surface area contributed by atoms with Crippen LogP contribution in [-0.4, -0.2) is 53.5 Å². The molecule has 10 nitrogen and oxygen atoms in total. The number of benzene rings is 1. The van der Waals surface area contributed by atoms with Gasteiger partial charge in [0.05, 0.1) is 5.69 Å². The predicted octanol–water partition coefficient (Wildman–Crippen LogP) is 16.3. The zero-order valence-electron chi connectivity index (χ0n) is 44.2. The minimum atomic E-state index is 0.485. The van der Waals surface area contributed by atoms with Gasteiger partial charge in [0.1, 0.15) is 0 Å². The maximum Gasteiger partial charge on any atom is 0.0612 e. The van der Waals surface area contributed by atoms with E-state index in [1.54, 1.807) is 94.0 Å². The van der Waals surface area contributed by atoms with Gasteiger partial charge < -0.3 is 27.0 Å². The molecule has 5 rings (SSSR count). The van der Waals surface area contributed by atoms with E-state index in [-0.39, 0.29) is 0 Å². The third-order valence-electron chi connectivity index (χ3n) is 6.64. The van der Waals surface area contributed by atoms with E-state index >= 15 is 0 Å². The highest BCUT2D eigenvalue weighted by Crippen LogP contribution is 2.13. The monoisotopic (exact) mass is 891 g/mol. The highest BCUT2D eigenvalue weighted by Gasteiger charge is 1.98. The molecule has 0 fully saturated rings. The first kappa shape index (κ1) is 68.2. The average Bonchev–Trinajstić information content (AvgIpc) is 3.22. The molecule has 0 aliphatic rings. The molecule has 0 bridgehead atoms. The van der Waals surface area contributed by atoms with Crippen molar-refractivity contribution in [2.75, 3.05) is 0 Å². The van der Waals surface area contributed by atoms with E-state index in [1.807, 2.05) is 67.3 Å². The Balaban J connectivity index is -0.000000210. The lowest BCUT2D eigenvalue weighted by atomic mass is 10.0. The summed E-state index contributed by atoms with van der Waals surface area (Å²) in [6.07, 6.45) is 14.4. The molecule has 0 amide bonds. The summed E-state index contributed by atoms with van der Waals surface area (Å²) < 4.78 is 0. The Morgan fingerprint density at radius 1 is 0.308 bits per heavy atom. The molecule has 4 heterocycles. The van der Waals surface area contributed by atoms with Crippen molar-refractivity contribution in [2.45, 2.75) is 168 Å². The van der Waals surface area contributed by atoms with E-state index in [4.69, 9.17) is 27.0 Å². The molecule has 65 heavy (non-hydrogen) atoms. The number of nitrogens with zero attached hydrogens (tertiary/aromatic N) is 5. The van der Waals surface area contributed by atoms with Crippen LogP contribution in [0.5, 0.6) is 0 Å². The molecule has 10 heteroatoms. The molecule has 0 radical (unpaired) electrons. The molecule has 0 aliphatic heterocycles. The maximum atomic E-state index is 6.50. The fourth-order valence-corrected chi connectivity index (χ4v) is 3.63. The zero-order chi connectivity index (χ0) is 51.3. The molecule has 5 aromatic rings. The molecule has 0 spiro atoms. The number of aromatic nitrogens is 5. The molecule has 4 aromatic heterocycles. The minimum Gasteiger partial charge on any atom is -0.310 e. The Labute approximate surface area is 397 Å². The zero-order valence-corrected chi connectivity index (χ0v) is 44.2. The lowest BCUT2D eigenvalue weighted by Gasteiger charge is -2.01. The third-order valence-corrected chi connectivity index (χ3v) is 6.64. The summed E-state index contributed by atoms with van der Waals surface area (Å²) >= 11 is 0. The van der Waals surface area contributed by atoms with Crippen LogP contribution < -0.4 is 0 Å². The Kier molecular flexibility index (Phi) is 48.3. The van der Waals surface area contributed by atoms with Crippen molar-refractivity contribution in [3.8, 4) is 0 Å². The van der Waals surface area contributed by atoms with Gasteiger partial charge in [-0.3, -0.25) is 24.9 Å². The normalized spacial score (nSPS) is 9.00. The molecule has 0 atom stereocenters. The predicted molar refractivity (Wildman–Crippen MR) is 287 cm³/mol. The Hall–Kier alpha value is -5.90. The maximum absolute atomic E-state index is 6.50. The first-order valence-electron chi connectivity index (χ1n) is 22.3. The van der Waals surface area contributed by atoms with Crippen LogP contribution in [0.25, 0.3) is 0 Å². The van der Waals surface area contributed by atoms with E-state index < -0.39 is 0 Å². The number of pyridine rings is 3. The van der Waals surface area contributed by atoms with Gasteiger partial charge in [-0.2, -0.15) is 0 Å². The van der Waals surface area contributed by atoms with Crippen molar-refractivity contribution in [3.05, 3.63) is 150 Å². The summed E-state index contributed by atoms with van der Waals surface area (Å²) in [4.78, 5) is 20.2. The number of hydrogen-bond acceptors (Lipinski definition) is 10. The first-order valence-corrected chi connectivity index (χ1v) is 22.3. The van der Waals surface area contributed by atoms with Crippen LogP contribution in [0.15, 0.2) is 122 Å². The van der Waals surface area contributed by atoms with Crippen molar-refractivity contribution >= 4 is 28.6 Å². The summed E-state index contributed by atoms with van der Waals surface area (Å²) in [5.74, 6) is 2.91. The van der Waals surface area contributed by atoms with Gasteiger partial charge in [0.2, 0.25) is 0 Å². The van der Waals surface area contributed by atoms with Crippen molar-refractivity contribution in [2.24, 2.45) is 0 Å². The van der Waals surface area contributed by atoms with Crippen molar-refractivity contribution in [1.82, 2.24) is 24.9 Å². The van der Waals surface area contributed by atoms with Gasteiger partial charge in [-0.15, -0.1) is 0 Å². The largest absolute Gasteiger partial charge is 0.310 e. The van der Waals surface area contributed by atoms with Gasteiger partial charge in [-0.25, -0.2) is 0 Å². The van der Waals surface area contributed by atoms with Gasteiger partial charge in [0, 0.05) is 83.8 Å². The number of nitrogens with one attached hydrogen (secondary N) is 5. The fraction of sp³-hybridized carbons (Fsp3) is 0.455. The highest BCUT2D eigenvalue weighted by atomic mass is 14.8. The van der Waals surface area contributed by atoms with Gasteiger partial charge >= 0.3 is 0 Å². The average molecular weight is 891 g/mol. The van der Waals surface area contributed by atoms with Crippen LogP contribution in [0.1, 0.15) is 196 Å². The second kappa shape index (κ2) is 46.1. The molecule has 0 saturated carbocycles. The second-order valence-electron chi connectivity index (χ2n) is 17.1. The Morgan fingerprint density at radius 2 is 0.662 bits per heavy atom. The van der Waals surface area contributed by atoms with Gasteiger partial charge in [-0.05, 0) is 146 Å². The third kappa shape index (κ3) is 62.5. The smallest absolute Gasteiger partial charge is 0.0612 e. The van der Waals surface area contributed by atoms with Crippen molar-refractivity contribution in [1.29, 1.82) is 27.0 Å². The van der Waals surface area contributed by atoms with E-state index in [2.05, 4.69) is 124 Å². The van der Waals surface area contributed by atoms with Gasteiger partial charge in [0.25, 0.3) is 0 Å². The van der Waals surface area contributed by atoms with Crippen LogP contribution in [0.4, 0.5) is 0 Å². The van der Waals surface area contributed by atoms with E-state index in [0.29, 0.717) is 58.1 Å². The van der Waals surface area contributed by atoms with Crippen LogP contribution in [-0.2, 0) is 0 Å². The summed E-state index contributed by atoms with van der Waals surface area (Å²) in [6, 6.07) is 24.7. The van der Waals surface area contributed by atoms with E-state index in [1.165, 1.54) is 16.7 Å². The number of hydrogen-bond donors (Lipinski definition) is 5. The van der Waals surface area contributed by atoms with E-state index in [0.717, 1.165) is 11.4 Å². The standard InChI is InChI=1S/C9H12.3C8H11N.C7H10N2.5C3H7N/c1-8(2)9-6-4-3-5-7-9;1-7(2)8-3-5-9-6-4-8;1-7(2)8-4-3-5-9-6-8;1-7(2)8-5-3-4-6-9-8;1-6(2)7-5-8-3-4-9-7;5*1-3(2)4/h3-8H,1-2H3;3*3-7H,1-2H3;3-6H,1-2H3;5*4H,1-2H3. The molecule has 0 saturated heterocycles. The Bertz CT molecular complexity index is 1500. The second-order valence-corrected chi connectivity index (χ2v) is 17.1. The van der Waals surface area contributed by atoms with E-state index in [9.17, 15) is 0 Å². The fourth-order valence-electron chi connectivity index (χ4n) is 3.63. The van der Waals surface area contributed by atoms with Crippen LogP contribution in [0.2, 0.25) is 0 Å². The van der Waals surface area contributed by atoms with Gasteiger partial charge in [-0.1, -0.05) is 112 Å². The molecule has 0 aliphatic carbocycles. The summed E-state index contributed by atoms with van der Waals surface area (Å²) in [7, 11) is 0. The lowest BCUT2D eigenvalue weighted by Crippen LogP contribution is -1.91. The summed E-state index contributed by atoms with van der Waals surface area (Å²) in [5, 5.41) is 32.5. The molecular formula is C55H90N10. The van der Waals surface area contributed by atoms with Crippen LogP contribution in [0.3, 0.4) is 0 Å². The molecule has 5 N–H and O–H groups in total. The molecule has 0 unspecified atom stereocenters. The SMILES string of the molecule is CC(C)=N.CC(C)=N.CC(C)=N.CC(C)=N.CC(C)=N.CC(C)c1ccccc1.CC(C)c1ccccn1.CC(C)c1cccnc1.CC(C)c1ccncc1.CC(C)c1cnccn1. The topological polar surface area (TPSA) is 184 Å². The van der Waals surface area contributed by atoms with Crippen molar-refractivity contribution < 1.29 is 0 Å². The lowest BCUT2D eigenvalue weighted by molar-refractivity contribution is 0.812. The highest BCUT2D eigenvalue weighted by molar-refractivity contribution is 5.76. The summed E-state index contributed by atoms with van der Waals surface area (Å²) in [6.45, 7) is 39.1. The van der Waals surface area contributed by atoms with Gasteiger partial charge in [0.15, 0.2) is 0 Å². The number of rotatable bonds is 5. The molecule has 1 aromatic carbocycles. The van der Waals surface area contributed by atoms with Crippen molar-refractivity contribution in [3.63, 3.8) is 0 Å².